The summed E-state index contributed by atoms with van der Waals surface area (Å²) >= 11 is 7.51. The third-order valence-corrected chi connectivity index (χ3v) is 3.96. The first-order chi connectivity index (χ1) is 9.69. The van der Waals surface area contributed by atoms with Gasteiger partial charge in [-0.2, -0.15) is 4.98 Å². The maximum atomic E-state index is 13.1. The third-order valence-electron chi connectivity index (χ3n) is 2.99. The Morgan fingerprint density at radius 1 is 1.20 bits per heavy atom. The largest absolute Gasteiger partial charge is 0.326 e. The molecule has 3 aromatic rings. The van der Waals surface area contributed by atoms with Crippen LogP contribution in [0.15, 0.2) is 35.7 Å². The predicted molar refractivity (Wildman–Crippen MR) is 81.5 cm³/mol. The topological polar surface area (TPSA) is 29.0 Å². The summed E-state index contributed by atoms with van der Waals surface area (Å²) in [6, 6.07) is 8.30. The van der Waals surface area contributed by atoms with E-state index in [0.29, 0.717) is 6.54 Å². The van der Waals surface area contributed by atoms with Gasteiger partial charge in [0.1, 0.15) is 16.5 Å². The second-order valence-electron chi connectivity index (χ2n) is 4.18. The van der Waals surface area contributed by atoms with Crippen molar-refractivity contribution < 1.29 is 4.39 Å². The summed E-state index contributed by atoms with van der Waals surface area (Å²) in [6.45, 7) is 2.71. The molecule has 0 bridgehead atoms. The minimum atomic E-state index is -0.258. The lowest BCUT2D eigenvalue weighted by Crippen LogP contribution is -2.17. The molecule has 20 heavy (non-hydrogen) atoms. The summed E-state index contributed by atoms with van der Waals surface area (Å²) in [5.74, 6) is 0.488. The zero-order valence-electron chi connectivity index (χ0n) is 10.7. The van der Waals surface area contributed by atoms with E-state index in [0.717, 1.165) is 21.7 Å². The van der Waals surface area contributed by atoms with E-state index >= 15 is 0 Å². The van der Waals surface area contributed by atoms with Crippen LogP contribution in [0, 0.1) is 5.82 Å². The Labute approximate surface area is 124 Å². The van der Waals surface area contributed by atoms with Crippen LogP contribution in [0.25, 0.3) is 10.2 Å². The van der Waals surface area contributed by atoms with Crippen LogP contribution < -0.4 is 4.90 Å². The predicted octanol–water partition coefficient (Wildman–Crippen LogP) is 4.64. The highest BCUT2D eigenvalue weighted by Crippen LogP contribution is 2.33. The van der Waals surface area contributed by atoms with Crippen molar-refractivity contribution in [3.63, 3.8) is 0 Å². The fourth-order valence-corrected chi connectivity index (χ4v) is 3.07. The van der Waals surface area contributed by atoms with Gasteiger partial charge >= 0.3 is 0 Å². The number of thiophene rings is 1. The maximum absolute atomic E-state index is 13.1. The first-order valence-electron chi connectivity index (χ1n) is 6.13. The molecular formula is C14H11ClFN3S. The second-order valence-corrected chi connectivity index (χ2v) is 5.41. The molecule has 0 aliphatic heterocycles. The molecule has 2 aromatic heterocycles. The van der Waals surface area contributed by atoms with Gasteiger partial charge in [-0.3, -0.25) is 0 Å². The number of fused-ring (bicyclic) bond motifs is 1. The molecule has 2 heterocycles. The van der Waals surface area contributed by atoms with Gasteiger partial charge in [0.15, 0.2) is 0 Å². The van der Waals surface area contributed by atoms with Crippen LogP contribution >= 0.6 is 22.9 Å². The molecule has 102 valence electrons. The van der Waals surface area contributed by atoms with Gasteiger partial charge in [0.2, 0.25) is 5.28 Å². The fourth-order valence-electron chi connectivity index (χ4n) is 2.10. The second kappa shape index (κ2) is 5.34. The molecule has 0 spiro atoms. The monoisotopic (exact) mass is 307 g/mol. The minimum absolute atomic E-state index is 0.218. The van der Waals surface area contributed by atoms with Gasteiger partial charge in [-0.15, -0.1) is 11.3 Å². The number of rotatable bonds is 3. The number of nitrogens with zero attached hydrogens (tertiary/aromatic N) is 3. The van der Waals surface area contributed by atoms with Crippen LogP contribution in [0.4, 0.5) is 15.9 Å². The summed E-state index contributed by atoms with van der Waals surface area (Å²) in [4.78, 5) is 11.4. The Bertz CT molecular complexity index is 742. The molecule has 0 atom stereocenters. The number of hydrogen-bond acceptors (Lipinski definition) is 4. The van der Waals surface area contributed by atoms with E-state index in [2.05, 4.69) is 9.97 Å². The molecule has 3 rings (SSSR count). The molecule has 0 saturated heterocycles. The lowest BCUT2D eigenvalue weighted by atomic mass is 10.2. The Balaban J connectivity index is 2.16. The first-order valence-corrected chi connectivity index (χ1v) is 7.38. The average Bonchev–Trinajstić information content (AvgIpc) is 2.89. The molecule has 6 heteroatoms. The van der Waals surface area contributed by atoms with E-state index in [9.17, 15) is 4.39 Å². The molecule has 0 unspecified atom stereocenters. The quantitative estimate of drug-likeness (QED) is 0.660. The van der Waals surface area contributed by atoms with E-state index in [1.807, 2.05) is 23.3 Å². The van der Waals surface area contributed by atoms with Crippen LogP contribution in [0.1, 0.15) is 6.92 Å². The lowest BCUT2D eigenvalue weighted by Gasteiger charge is -2.22. The summed E-state index contributed by atoms with van der Waals surface area (Å²) in [7, 11) is 0. The average molecular weight is 308 g/mol. The van der Waals surface area contributed by atoms with Crippen LogP contribution in [0.2, 0.25) is 5.28 Å². The van der Waals surface area contributed by atoms with Gasteiger partial charge in [-0.25, -0.2) is 9.37 Å². The maximum Gasteiger partial charge on any atom is 0.225 e. The van der Waals surface area contributed by atoms with Gasteiger partial charge in [0, 0.05) is 12.2 Å². The van der Waals surface area contributed by atoms with Crippen molar-refractivity contribution >= 4 is 44.7 Å². The number of aromatic nitrogens is 2. The molecule has 0 fully saturated rings. The smallest absolute Gasteiger partial charge is 0.225 e. The number of benzene rings is 1. The third kappa shape index (κ3) is 2.34. The van der Waals surface area contributed by atoms with E-state index in [-0.39, 0.29) is 11.1 Å². The van der Waals surface area contributed by atoms with Crippen LogP contribution in [-0.2, 0) is 0 Å². The van der Waals surface area contributed by atoms with Crippen molar-refractivity contribution in [3.8, 4) is 0 Å². The summed E-state index contributed by atoms with van der Waals surface area (Å²) in [6.07, 6.45) is 0. The molecule has 0 aliphatic rings. The highest BCUT2D eigenvalue weighted by molar-refractivity contribution is 7.16. The van der Waals surface area contributed by atoms with Gasteiger partial charge in [0.25, 0.3) is 0 Å². The zero-order valence-corrected chi connectivity index (χ0v) is 12.2. The zero-order chi connectivity index (χ0) is 14.1. The molecule has 0 N–H and O–H groups in total. The van der Waals surface area contributed by atoms with Crippen molar-refractivity contribution in [2.24, 2.45) is 0 Å². The van der Waals surface area contributed by atoms with Crippen molar-refractivity contribution in [1.82, 2.24) is 9.97 Å². The lowest BCUT2D eigenvalue weighted by molar-refractivity contribution is 0.628. The van der Waals surface area contributed by atoms with E-state index < -0.39 is 0 Å². The molecule has 0 amide bonds. The summed E-state index contributed by atoms with van der Waals surface area (Å²) < 4.78 is 13.1. The molecular weight excluding hydrogens is 297 g/mol. The van der Waals surface area contributed by atoms with Crippen molar-refractivity contribution in [2.75, 3.05) is 11.4 Å². The highest BCUT2D eigenvalue weighted by atomic mass is 35.5. The van der Waals surface area contributed by atoms with Crippen molar-refractivity contribution in [2.45, 2.75) is 6.92 Å². The van der Waals surface area contributed by atoms with Gasteiger partial charge < -0.3 is 4.90 Å². The molecule has 3 nitrogen and oxygen atoms in total. The van der Waals surface area contributed by atoms with E-state index in [1.54, 1.807) is 12.1 Å². The van der Waals surface area contributed by atoms with Crippen LogP contribution in [0.3, 0.4) is 0 Å². The molecule has 1 aromatic carbocycles. The first kappa shape index (κ1) is 13.3. The Morgan fingerprint density at radius 2 is 1.95 bits per heavy atom. The highest BCUT2D eigenvalue weighted by Gasteiger charge is 2.15. The van der Waals surface area contributed by atoms with Crippen molar-refractivity contribution in [1.29, 1.82) is 0 Å². The Hall–Kier alpha value is -1.72. The molecule has 0 saturated carbocycles. The number of halogens is 2. The summed E-state index contributed by atoms with van der Waals surface area (Å²) in [5.41, 5.74) is 0.871. The number of hydrogen-bond donors (Lipinski definition) is 0. The fraction of sp³-hybridized carbons (Fsp3) is 0.143. The van der Waals surface area contributed by atoms with Gasteiger partial charge in [-0.1, -0.05) is 0 Å². The Morgan fingerprint density at radius 3 is 2.65 bits per heavy atom. The van der Waals surface area contributed by atoms with Crippen molar-refractivity contribution in [3.05, 3.63) is 46.8 Å². The standard InChI is InChI=1S/C14H11ClFN3S/c1-2-19(10-5-3-9(16)4-6-10)12-11-7-8-20-13(11)18-14(15)17-12/h3-8H,2H2,1H3. The summed E-state index contributed by atoms with van der Waals surface area (Å²) in [5, 5.41) is 3.12. The van der Waals surface area contributed by atoms with Crippen LogP contribution in [-0.4, -0.2) is 16.5 Å². The van der Waals surface area contributed by atoms with Crippen LogP contribution in [0.5, 0.6) is 0 Å². The Kier molecular flexibility index (Phi) is 3.54. The van der Waals surface area contributed by atoms with Gasteiger partial charge in [0.05, 0.1) is 5.39 Å². The molecule has 0 aliphatic carbocycles. The normalized spacial score (nSPS) is 10.9. The minimum Gasteiger partial charge on any atom is -0.326 e. The SMILES string of the molecule is CCN(c1ccc(F)cc1)c1nc(Cl)nc2sccc12. The van der Waals surface area contributed by atoms with E-state index in [1.165, 1.54) is 23.5 Å². The van der Waals surface area contributed by atoms with Gasteiger partial charge in [-0.05, 0) is 54.2 Å². The van der Waals surface area contributed by atoms with E-state index in [4.69, 9.17) is 11.6 Å². The number of anilines is 2. The molecule has 0 radical (unpaired) electrons.